The second kappa shape index (κ2) is 7.08. The zero-order valence-corrected chi connectivity index (χ0v) is 15.4. The third-order valence-corrected chi connectivity index (χ3v) is 4.61. The molecule has 0 fully saturated rings. The molecule has 0 aliphatic rings. The maximum Gasteiger partial charge on any atom is 0.119 e. The van der Waals surface area contributed by atoms with Crippen molar-refractivity contribution in [3.8, 4) is 5.75 Å². The summed E-state index contributed by atoms with van der Waals surface area (Å²) in [6.07, 6.45) is 1.59. The zero-order valence-electron chi connectivity index (χ0n) is 13.9. The van der Waals surface area contributed by atoms with Crippen LogP contribution in [0, 0.1) is 0 Å². The Morgan fingerprint density at radius 1 is 1.20 bits per heavy atom. The third kappa shape index (κ3) is 3.82. The summed E-state index contributed by atoms with van der Waals surface area (Å²) in [5.74, 6) is 0.709. The molecule has 0 saturated heterocycles. The standard InChI is InChI=1S/C19H18Cl2N2O2/c1-19(24,12-4-3-5-13(20)8-12)11-23-18-15-9-14(25-2)6-7-17(15)22-10-16(18)21/h3-10,24H,11H2,1-2H3,(H,22,23). The lowest BCUT2D eigenvalue weighted by molar-refractivity contribution is 0.0716. The SMILES string of the molecule is COc1ccc2ncc(Cl)c(NCC(C)(O)c3cccc(Cl)c3)c2c1. The minimum Gasteiger partial charge on any atom is -0.497 e. The fourth-order valence-electron chi connectivity index (χ4n) is 2.64. The van der Waals surface area contributed by atoms with Crippen LogP contribution in [0.25, 0.3) is 10.9 Å². The van der Waals surface area contributed by atoms with Crippen LogP contribution in [-0.4, -0.2) is 23.7 Å². The molecule has 0 bridgehead atoms. The second-order valence-corrected chi connectivity index (χ2v) is 6.85. The highest BCUT2D eigenvalue weighted by Crippen LogP contribution is 2.33. The molecule has 2 N–H and O–H groups in total. The molecular weight excluding hydrogens is 359 g/mol. The van der Waals surface area contributed by atoms with E-state index in [-0.39, 0.29) is 6.54 Å². The summed E-state index contributed by atoms with van der Waals surface area (Å²) in [5.41, 5.74) is 1.09. The molecule has 6 heteroatoms. The number of ether oxygens (including phenoxy) is 1. The predicted octanol–water partition coefficient (Wildman–Crippen LogP) is 4.87. The molecule has 3 aromatic rings. The molecule has 0 spiro atoms. The second-order valence-electron chi connectivity index (χ2n) is 6.00. The van der Waals surface area contributed by atoms with Gasteiger partial charge in [-0.1, -0.05) is 35.3 Å². The van der Waals surface area contributed by atoms with Crippen LogP contribution < -0.4 is 10.1 Å². The van der Waals surface area contributed by atoms with E-state index in [2.05, 4.69) is 10.3 Å². The molecule has 1 aromatic heterocycles. The van der Waals surface area contributed by atoms with Gasteiger partial charge in [-0.25, -0.2) is 0 Å². The number of benzene rings is 2. The first-order chi connectivity index (χ1) is 11.9. The molecule has 1 unspecified atom stereocenters. The zero-order chi connectivity index (χ0) is 18.0. The number of methoxy groups -OCH3 is 1. The van der Waals surface area contributed by atoms with Gasteiger partial charge in [-0.05, 0) is 42.8 Å². The normalized spacial score (nSPS) is 13.5. The molecule has 25 heavy (non-hydrogen) atoms. The summed E-state index contributed by atoms with van der Waals surface area (Å²) in [7, 11) is 1.61. The first kappa shape index (κ1) is 17.8. The Morgan fingerprint density at radius 3 is 2.72 bits per heavy atom. The Hall–Kier alpha value is -2.01. The minimum atomic E-state index is -1.12. The van der Waals surface area contributed by atoms with E-state index in [9.17, 15) is 5.11 Å². The summed E-state index contributed by atoms with van der Waals surface area (Å²) in [4.78, 5) is 4.32. The highest BCUT2D eigenvalue weighted by Gasteiger charge is 2.24. The van der Waals surface area contributed by atoms with Gasteiger partial charge in [-0.3, -0.25) is 4.98 Å². The molecule has 4 nitrogen and oxygen atoms in total. The van der Waals surface area contributed by atoms with Crippen LogP contribution in [0.4, 0.5) is 5.69 Å². The maximum atomic E-state index is 10.8. The van der Waals surface area contributed by atoms with Crippen molar-refractivity contribution >= 4 is 39.8 Å². The quantitative estimate of drug-likeness (QED) is 0.666. The number of aromatic nitrogens is 1. The van der Waals surface area contributed by atoms with Gasteiger partial charge in [0.15, 0.2) is 0 Å². The lowest BCUT2D eigenvalue weighted by Gasteiger charge is -2.25. The summed E-state index contributed by atoms with van der Waals surface area (Å²) in [6, 6.07) is 12.7. The number of fused-ring (bicyclic) bond motifs is 1. The smallest absolute Gasteiger partial charge is 0.119 e. The molecular formula is C19H18Cl2N2O2. The number of halogens is 2. The van der Waals surface area contributed by atoms with Crippen molar-refractivity contribution in [2.75, 3.05) is 19.0 Å². The summed E-state index contributed by atoms with van der Waals surface area (Å²) in [5, 5.41) is 16.0. The van der Waals surface area contributed by atoms with E-state index in [4.69, 9.17) is 27.9 Å². The van der Waals surface area contributed by atoms with Gasteiger partial charge in [0.25, 0.3) is 0 Å². The van der Waals surface area contributed by atoms with Crippen LogP contribution in [-0.2, 0) is 5.60 Å². The number of nitrogens with zero attached hydrogens (tertiary/aromatic N) is 1. The number of rotatable bonds is 5. The molecule has 3 rings (SSSR count). The Labute approximate surface area is 156 Å². The van der Waals surface area contributed by atoms with Crippen molar-refractivity contribution in [2.24, 2.45) is 0 Å². The number of pyridine rings is 1. The van der Waals surface area contributed by atoms with Crippen molar-refractivity contribution in [1.82, 2.24) is 4.98 Å². The molecule has 0 aliphatic carbocycles. The number of hydrogen-bond donors (Lipinski definition) is 2. The fourth-order valence-corrected chi connectivity index (χ4v) is 3.05. The molecule has 0 saturated carbocycles. The van der Waals surface area contributed by atoms with Crippen molar-refractivity contribution in [3.05, 3.63) is 64.3 Å². The largest absolute Gasteiger partial charge is 0.497 e. The van der Waals surface area contributed by atoms with Crippen LogP contribution in [0.1, 0.15) is 12.5 Å². The van der Waals surface area contributed by atoms with Crippen molar-refractivity contribution in [1.29, 1.82) is 0 Å². The van der Waals surface area contributed by atoms with Crippen molar-refractivity contribution in [3.63, 3.8) is 0 Å². The van der Waals surface area contributed by atoms with E-state index in [1.54, 1.807) is 32.4 Å². The molecule has 0 radical (unpaired) electrons. The van der Waals surface area contributed by atoms with Gasteiger partial charge in [-0.15, -0.1) is 0 Å². The number of hydrogen-bond acceptors (Lipinski definition) is 4. The Balaban J connectivity index is 1.93. The van der Waals surface area contributed by atoms with Gasteiger partial charge in [0.1, 0.15) is 11.4 Å². The van der Waals surface area contributed by atoms with Crippen molar-refractivity contribution < 1.29 is 9.84 Å². The highest BCUT2D eigenvalue weighted by molar-refractivity contribution is 6.34. The van der Waals surface area contributed by atoms with E-state index < -0.39 is 5.60 Å². The molecule has 0 aliphatic heterocycles. The lowest BCUT2D eigenvalue weighted by Crippen LogP contribution is -2.30. The van der Waals surface area contributed by atoms with Crippen LogP contribution >= 0.6 is 23.2 Å². The van der Waals surface area contributed by atoms with E-state index in [0.29, 0.717) is 21.5 Å². The topological polar surface area (TPSA) is 54.4 Å². The maximum absolute atomic E-state index is 10.8. The van der Waals surface area contributed by atoms with E-state index in [1.165, 1.54) is 0 Å². The first-order valence-corrected chi connectivity index (χ1v) is 8.51. The average molecular weight is 377 g/mol. The Kier molecular flexibility index (Phi) is 5.04. The molecule has 130 valence electrons. The highest BCUT2D eigenvalue weighted by atomic mass is 35.5. The van der Waals surface area contributed by atoms with E-state index >= 15 is 0 Å². The summed E-state index contributed by atoms with van der Waals surface area (Å²) >= 11 is 12.4. The third-order valence-electron chi connectivity index (χ3n) is 4.08. The van der Waals surface area contributed by atoms with Gasteiger partial charge >= 0.3 is 0 Å². The first-order valence-electron chi connectivity index (χ1n) is 7.75. The lowest BCUT2D eigenvalue weighted by atomic mass is 9.96. The minimum absolute atomic E-state index is 0.253. The van der Waals surface area contributed by atoms with Gasteiger partial charge < -0.3 is 15.2 Å². The fraction of sp³-hybridized carbons (Fsp3) is 0.211. The Morgan fingerprint density at radius 2 is 2.00 bits per heavy atom. The van der Waals surface area contributed by atoms with Crippen LogP contribution in [0.2, 0.25) is 10.0 Å². The van der Waals surface area contributed by atoms with E-state index in [1.807, 2.05) is 30.3 Å². The van der Waals surface area contributed by atoms with Gasteiger partial charge in [0.2, 0.25) is 0 Å². The number of anilines is 1. The van der Waals surface area contributed by atoms with Gasteiger partial charge in [0.05, 0.1) is 23.3 Å². The molecule has 1 heterocycles. The number of aliphatic hydroxyl groups is 1. The van der Waals surface area contributed by atoms with E-state index in [0.717, 1.165) is 16.5 Å². The Bertz CT molecular complexity index is 913. The summed E-state index contributed by atoms with van der Waals surface area (Å²) < 4.78 is 5.28. The van der Waals surface area contributed by atoms with Crippen LogP contribution in [0.15, 0.2) is 48.7 Å². The van der Waals surface area contributed by atoms with Gasteiger partial charge in [-0.2, -0.15) is 0 Å². The van der Waals surface area contributed by atoms with Gasteiger partial charge in [0, 0.05) is 23.2 Å². The van der Waals surface area contributed by atoms with Crippen LogP contribution in [0.5, 0.6) is 5.75 Å². The molecule has 1 atom stereocenters. The predicted molar refractivity (Wildman–Crippen MR) is 103 cm³/mol. The molecule has 0 amide bonds. The van der Waals surface area contributed by atoms with Crippen LogP contribution in [0.3, 0.4) is 0 Å². The average Bonchev–Trinajstić information content (AvgIpc) is 2.60. The summed E-state index contributed by atoms with van der Waals surface area (Å²) in [6.45, 7) is 1.98. The van der Waals surface area contributed by atoms with Crippen molar-refractivity contribution in [2.45, 2.75) is 12.5 Å². The molecule has 2 aromatic carbocycles. The number of nitrogens with one attached hydrogen (secondary N) is 1. The monoisotopic (exact) mass is 376 g/mol.